The first-order chi connectivity index (χ1) is 12.2. The second-order valence-corrected chi connectivity index (χ2v) is 11.0. The smallest absolute Gasteiger partial charge is 0.470 e. The normalized spacial score (nSPS) is 13.0. The van der Waals surface area contributed by atoms with E-state index < -0.39 is 35.7 Å². The lowest BCUT2D eigenvalue weighted by atomic mass is 10.1. The largest absolute Gasteiger partial charge is 0.564 e. The summed E-state index contributed by atoms with van der Waals surface area (Å²) in [6.45, 7) is 8.58. The van der Waals surface area contributed by atoms with E-state index in [0.717, 1.165) is 6.08 Å². The van der Waals surface area contributed by atoms with Crippen LogP contribution in [-0.4, -0.2) is 71.2 Å². The van der Waals surface area contributed by atoms with Crippen molar-refractivity contribution in [1.29, 1.82) is 0 Å². The molecule has 0 aliphatic rings. The van der Waals surface area contributed by atoms with Gasteiger partial charge >= 0.3 is 29.5 Å². The van der Waals surface area contributed by atoms with Gasteiger partial charge in [-0.15, -0.1) is 0 Å². The van der Waals surface area contributed by atoms with Gasteiger partial charge in [-0.05, 0) is 6.42 Å². The molecule has 26 heavy (non-hydrogen) atoms. The maximum absolute atomic E-state index is 12.4. The van der Waals surface area contributed by atoms with Crippen LogP contribution in [0.25, 0.3) is 0 Å². The molecule has 1 atom stereocenters. The van der Waals surface area contributed by atoms with Crippen molar-refractivity contribution >= 4 is 29.5 Å². The SMILES string of the molecule is C=CC(=O)OC(CC[Si](OC)(OC)OC)C(=C)C(=O)O[Si](C)(OC)OC. The molecule has 11 heteroatoms. The summed E-state index contributed by atoms with van der Waals surface area (Å²) in [6.07, 6.45) is 0.183. The van der Waals surface area contributed by atoms with Gasteiger partial charge in [0.1, 0.15) is 6.10 Å². The second-order valence-electron chi connectivity index (χ2n) is 5.15. The summed E-state index contributed by atoms with van der Waals surface area (Å²) in [4.78, 5) is 24.0. The summed E-state index contributed by atoms with van der Waals surface area (Å²) in [7, 11) is 1.05. The molecule has 0 aliphatic carbocycles. The topological polar surface area (TPSA) is 98.8 Å². The molecule has 0 N–H and O–H groups in total. The Hall–Kier alpha value is -1.35. The Morgan fingerprint density at radius 1 is 1.00 bits per heavy atom. The Morgan fingerprint density at radius 2 is 1.50 bits per heavy atom. The van der Waals surface area contributed by atoms with Gasteiger partial charge in [0.15, 0.2) is 0 Å². The van der Waals surface area contributed by atoms with Gasteiger partial charge < -0.3 is 31.3 Å². The summed E-state index contributed by atoms with van der Waals surface area (Å²) >= 11 is 0. The summed E-state index contributed by atoms with van der Waals surface area (Å²) < 4.78 is 36.7. The zero-order valence-corrected chi connectivity index (χ0v) is 18.2. The van der Waals surface area contributed by atoms with Crippen molar-refractivity contribution in [2.75, 3.05) is 35.5 Å². The molecule has 0 amide bonds. The molecular formula is C15H28O9Si2. The molecule has 0 bridgehead atoms. The third kappa shape index (κ3) is 7.11. The van der Waals surface area contributed by atoms with Gasteiger partial charge in [-0.2, -0.15) is 0 Å². The zero-order valence-electron chi connectivity index (χ0n) is 16.2. The first-order valence-electron chi connectivity index (χ1n) is 7.67. The van der Waals surface area contributed by atoms with E-state index >= 15 is 0 Å². The molecule has 0 spiro atoms. The van der Waals surface area contributed by atoms with Crippen LogP contribution >= 0.6 is 0 Å². The number of hydrogen-bond donors (Lipinski definition) is 0. The molecule has 0 saturated heterocycles. The lowest BCUT2D eigenvalue weighted by Gasteiger charge is -2.27. The molecule has 0 aromatic heterocycles. The highest BCUT2D eigenvalue weighted by Crippen LogP contribution is 2.23. The van der Waals surface area contributed by atoms with E-state index in [1.165, 1.54) is 35.5 Å². The fourth-order valence-corrected chi connectivity index (χ4v) is 4.42. The number of hydrogen-bond acceptors (Lipinski definition) is 9. The van der Waals surface area contributed by atoms with E-state index in [1.807, 2.05) is 0 Å². The van der Waals surface area contributed by atoms with Gasteiger partial charge in [0, 0.05) is 54.2 Å². The van der Waals surface area contributed by atoms with Gasteiger partial charge in [0.25, 0.3) is 0 Å². The maximum atomic E-state index is 12.4. The average molecular weight is 409 g/mol. The van der Waals surface area contributed by atoms with Crippen molar-refractivity contribution in [1.82, 2.24) is 0 Å². The van der Waals surface area contributed by atoms with Crippen molar-refractivity contribution in [3.8, 4) is 0 Å². The monoisotopic (exact) mass is 408 g/mol. The molecular weight excluding hydrogens is 380 g/mol. The van der Waals surface area contributed by atoms with E-state index in [4.69, 9.17) is 31.3 Å². The summed E-state index contributed by atoms with van der Waals surface area (Å²) in [5, 5.41) is 0. The Bertz CT molecular complexity index is 493. The first kappa shape index (κ1) is 24.7. The summed E-state index contributed by atoms with van der Waals surface area (Å²) in [5.74, 6) is -1.49. The number of carbonyl (C=O) groups is 2. The maximum Gasteiger partial charge on any atom is 0.564 e. The van der Waals surface area contributed by atoms with Crippen molar-refractivity contribution in [3.63, 3.8) is 0 Å². The highest BCUT2D eigenvalue weighted by Gasteiger charge is 2.41. The van der Waals surface area contributed by atoms with Crippen molar-refractivity contribution in [2.24, 2.45) is 0 Å². The highest BCUT2D eigenvalue weighted by molar-refractivity contribution is 6.61. The van der Waals surface area contributed by atoms with Crippen LogP contribution in [0.15, 0.2) is 24.8 Å². The standard InChI is InChI=1S/C15H28O9Si2/c1-9-14(16)23-13(10-11-26(20-5,21-6)22-7)12(2)15(17)24-25(8,18-3)19-4/h9,13H,1-2,10-11H2,3-8H3. The van der Waals surface area contributed by atoms with Crippen LogP contribution in [0.2, 0.25) is 12.6 Å². The summed E-state index contributed by atoms with van der Waals surface area (Å²) in [6, 6.07) is 0.279. The minimum atomic E-state index is -3.13. The predicted molar refractivity (Wildman–Crippen MR) is 97.2 cm³/mol. The quantitative estimate of drug-likeness (QED) is 0.254. The lowest BCUT2D eigenvalue weighted by Crippen LogP contribution is -2.45. The molecule has 0 aromatic carbocycles. The van der Waals surface area contributed by atoms with E-state index in [2.05, 4.69) is 13.2 Å². The predicted octanol–water partition coefficient (Wildman–Crippen LogP) is 1.31. The van der Waals surface area contributed by atoms with E-state index in [1.54, 1.807) is 6.55 Å². The van der Waals surface area contributed by atoms with Crippen molar-refractivity contribution in [3.05, 3.63) is 24.8 Å². The molecule has 0 heterocycles. The molecule has 0 aromatic rings. The van der Waals surface area contributed by atoms with Gasteiger partial charge in [-0.3, -0.25) is 0 Å². The van der Waals surface area contributed by atoms with E-state index in [0.29, 0.717) is 0 Å². The Labute approximate surface area is 156 Å². The molecule has 0 fully saturated rings. The molecule has 0 aliphatic heterocycles. The molecule has 9 nitrogen and oxygen atoms in total. The van der Waals surface area contributed by atoms with Crippen LogP contribution < -0.4 is 0 Å². The number of ether oxygens (including phenoxy) is 1. The lowest BCUT2D eigenvalue weighted by molar-refractivity contribution is -0.143. The Morgan fingerprint density at radius 3 is 1.88 bits per heavy atom. The average Bonchev–Trinajstić information content (AvgIpc) is 2.67. The number of rotatable bonds is 13. The molecule has 1 unspecified atom stereocenters. The van der Waals surface area contributed by atoms with E-state index in [-0.39, 0.29) is 18.0 Å². The van der Waals surface area contributed by atoms with Gasteiger partial charge in [0.05, 0.1) is 5.57 Å². The van der Waals surface area contributed by atoms with Crippen LogP contribution in [0.3, 0.4) is 0 Å². The van der Waals surface area contributed by atoms with Crippen LogP contribution in [0.1, 0.15) is 6.42 Å². The van der Waals surface area contributed by atoms with Crippen LogP contribution in [0.4, 0.5) is 0 Å². The van der Waals surface area contributed by atoms with Crippen LogP contribution in [0.5, 0.6) is 0 Å². The van der Waals surface area contributed by atoms with Gasteiger partial charge in [0.2, 0.25) is 0 Å². The molecule has 150 valence electrons. The minimum Gasteiger partial charge on any atom is -0.470 e. The van der Waals surface area contributed by atoms with Crippen LogP contribution in [0, 0.1) is 0 Å². The van der Waals surface area contributed by atoms with Gasteiger partial charge in [-0.1, -0.05) is 13.2 Å². The Kier molecular flexibility index (Phi) is 10.8. The third-order valence-corrected chi connectivity index (χ3v) is 8.55. The molecule has 0 radical (unpaired) electrons. The fraction of sp³-hybridized carbons (Fsp3) is 0.600. The summed E-state index contributed by atoms with van der Waals surface area (Å²) in [5.41, 5.74) is -0.0702. The number of esters is 1. The van der Waals surface area contributed by atoms with Crippen LogP contribution in [-0.2, 0) is 40.9 Å². The highest BCUT2D eigenvalue weighted by atomic mass is 28.4. The van der Waals surface area contributed by atoms with Gasteiger partial charge in [-0.25, -0.2) is 9.59 Å². The Balaban J connectivity index is 5.29. The minimum absolute atomic E-state index is 0.0702. The molecule has 0 rings (SSSR count). The second kappa shape index (κ2) is 11.4. The number of carbonyl (C=O) groups excluding carboxylic acids is 2. The third-order valence-electron chi connectivity index (χ3n) is 3.74. The zero-order chi connectivity index (χ0) is 20.4. The first-order valence-corrected chi connectivity index (χ1v) is 11.8. The fourth-order valence-electron chi connectivity index (χ4n) is 1.89. The van der Waals surface area contributed by atoms with Crippen molar-refractivity contribution in [2.45, 2.75) is 25.1 Å². The van der Waals surface area contributed by atoms with Crippen molar-refractivity contribution < 1.29 is 40.9 Å². The van der Waals surface area contributed by atoms with E-state index in [9.17, 15) is 9.59 Å². The molecule has 0 saturated carbocycles.